The summed E-state index contributed by atoms with van der Waals surface area (Å²) in [6, 6.07) is 14.7. The van der Waals surface area contributed by atoms with Crippen LogP contribution < -0.4 is 5.32 Å². The maximum atomic E-state index is 13.0. The summed E-state index contributed by atoms with van der Waals surface area (Å²) < 4.78 is 0. The average molecular weight is 425 g/mol. The number of aromatic nitrogens is 1. The second kappa shape index (κ2) is 9.50. The van der Waals surface area contributed by atoms with E-state index in [2.05, 4.69) is 65.4 Å². The summed E-state index contributed by atoms with van der Waals surface area (Å²) in [5.41, 5.74) is 2.70. The van der Waals surface area contributed by atoms with Crippen LogP contribution in [-0.4, -0.2) is 65.2 Å². The topological polar surface area (TPSA) is 48.5 Å². The van der Waals surface area contributed by atoms with Crippen molar-refractivity contribution in [2.45, 2.75) is 37.1 Å². The summed E-state index contributed by atoms with van der Waals surface area (Å²) in [5.74, 6) is 1.07. The Bertz CT molecular complexity index is 822. The molecule has 2 aliphatic heterocycles. The van der Waals surface area contributed by atoms with Gasteiger partial charge in [-0.05, 0) is 35.6 Å². The first-order valence-corrected chi connectivity index (χ1v) is 11.9. The third-order valence-electron chi connectivity index (χ3n) is 6.36. The normalized spacial score (nSPS) is 22.9. The first kappa shape index (κ1) is 21.3. The van der Waals surface area contributed by atoms with Gasteiger partial charge in [0.05, 0.1) is 11.4 Å². The Kier molecular flexibility index (Phi) is 6.76. The maximum Gasteiger partial charge on any atom is 0.240 e. The second-order valence-corrected chi connectivity index (χ2v) is 10.0. The number of benzene rings is 1. The van der Waals surface area contributed by atoms with Gasteiger partial charge in [0.2, 0.25) is 5.91 Å². The molecule has 0 saturated carbocycles. The number of carbonyl (C=O) groups excluding carboxylic acids is 1. The predicted molar refractivity (Wildman–Crippen MR) is 123 cm³/mol. The fourth-order valence-electron chi connectivity index (χ4n) is 4.22. The molecule has 1 N–H and O–H groups in total. The van der Waals surface area contributed by atoms with E-state index < -0.39 is 0 Å². The Hall–Kier alpha value is -1.89. The summed E-state index contributed by atoms with van der Waals surface area (Å²) in [5, 5.41) is 3.66. The molecule has 4 rings (SSSR count). The zero-order valence-electron chi connectivity index (χ0n) is 18.0. The van der Waals surface area contributed by atoms with E-state index in [1.165, 1.54) is 5.56 Å². The zero-order chi connectivity index (χ0) is 21.0. The number of carbonyl (C=O) groups is 1. The molecule has 160 valence electrons. The third kappa shape index (κ3) is 5.05. The third-order valence-corrected chi connectivity index (χ3v) is 7.63. The van der Waals surface area contributed by atoms with Crippen LogP contribution in [0.4, 0.5) is 0 Å². The molecule has 0 unspecified atom stereocenters. The number of piperazine rings is 1. The number of amides is 1. The van der Waals surface area contributed by atoms with Crippen LogP contribution in [0.3, 0.4) is 0 Å². The van der Waals surface area contributed by atoms with E-state index in [1.807, 2.05) is 17.2 Å². The largest absolute Gasteiger partial charge is 0.339 e. The van der Waals surface area contributed by atoms with Crippen molar-refractivity contribution in [1.82, 2.24) is 20.1 Å². The Morgan fingerprint density at radius 3 is 2.60 bits per heavy atom. The second-order valence-electron chi connectivity index (χ2n) is 8.89. The molecule has 1 amide bonds. The molecule has 0 spiro atoms. The van der Waals surface area contributed by atoms with E-state index in [-0.39, 0.29) is 22.7 Å². The molecule has 3 heterocycles. The van der Waals surface area contributed by atoms with Gasteiger partial charge < -0.3 is 4.90 Å². The van der Waals surface area contributed by atoms with Crippen molar-refractivity contribution < 1.29 is 4.79 Å². The Morgan fingerprint density at radius 2 is 1.90 bits per heavy atom. The summed E-state index contributed by atoms with van der Waals surface area (Å²) in [6.07, 6.45) is 4.79. The minimum absolute atomic E-state index is 0.0937. The van der Waals surface area contributed by atoms with Gasteiger partial charge >= 0.3 is 0 Å². The molecule has 6 heteroatoms. The van der Waals surface area contributed by atoms with Gasteiger partial charge in [0, 0.05) is 44.3 Å². The van der Waals surface area contributed by atoms with Crippen LogP contribution >= 0.6 is 11.8 Å². The highest BCUT2D eigenvalue weighted by molar-refractivity contribution is 7.99. The predicted octanol–water partition coefficient (Wildman–Crippen LogP) is 3.30. The van der Waals surface area contributed by atoms with Crippen LogP contribution in [0.2, 0.25) is 0 Å². The summed E-state index contributed by atoms with van der Waals surface area (Å²) in [4.78, 5) is 21.7. The minimum atomic E-state index is -0.0937. The lowest BCUT2D eigenvalue weighted by Crippen LogP contribution is -2.54. The molecule has 5 nitrogen and oxygen atoms in total. The van der Waals surface area contributed by atoms with Gasteiger partial charge in [0.25, 0.3) is 0 Å². The van der Waals surface area contributed by atoms with Gasteiger partial charge in [-0.25, -0.2) is 0 Å². The van der Waals surface area contributed by atoms with E-state index in [0.29, 0.717) is 0 Å². The number of nitrogens with zero attached hydrogens (tertiary/aromatic N) is 3. The SMILES string of the molecule is CC(C)(CCN1CCN(C(=O)[C@@H]2CS[C@H](c3cccnc3)N2)CC1)c1ccccc1. The average Bonchev–Trinajstić information content (AvgIpc) is 3.29. The van der Waals surface area contributed by atoms with E-state index in [1.54, 1.807) is 18.0 Å². The molecule has 2 fully saturated rings. The fraction of sp³-hybridized carbons (Fsp3) is 0.500. The number of nitrogens with one attached hydrogen (secondary N) is 1. The van der Waals surface area contributed by atoms with Crippen molar-refractivity contribution >= 4 is 17.7 Å². The molecule has 2 aliphatic rings. The van der Waals surface area contributed by atoms with E-state index in [0.717, 1.165) is 50.5 Å². The molecule has 30 heavy (non-hydrogen) atoms. The first-order valence-electron chi connectivity index (χ1n) is 10.9. The number of thioether (sulfide) groups is 1. The molecule has 1 aromatic carbocycles. The standard InChI is InChI=1S/C24H32N4OS/c1-24(2,20-8-4-3-5-9-20)10-12-27-13-15-28(16-14-27)23(29)21-18-30-22(26-21)19-7-6-11-25-17-19/h3-9,11,17,21-22,26H,10,12-16,18H2,1-2H3/t21-,22+/m0/s1. The van der Waals surface area contributed by atoms with E-state index >= 15 is 0 Å². The lowest BCUT2D eigenvalue weighted by Gasteiger charge is -2.37. The summed E-state index contributed by atoms with van der Waals surface area (Å²) in [7, 11) is 0. The lowest BCUT2D eigenvalue weighted by atomic mass is 9.81. The quantitative estimate of drug-likeness (QED) is 0.771. The van der Waals surface area contributed by atoms with Crippen molar-refractivity contribution in [3.8, 4) is 0 Å². The first-order chi connectivity index (χ1) is 14.5. The number of pyridine rings is 1. The lowest BCUT2D eigenvalue weighted by molar-refractivity contribution is -0.134. The highest BCUT2D eigenvalue weighted by Crippen LogP contribution is 2.33. The smallest absolute Gasteiger partial charge is 0.240 e. The van der Waals surface area contributed by atoms with Gasteiger partial charge in [-0.1, -0.05) is 50.2 Å². The summed E-state index contributed by atoms with van der Waals surface area (Å²) >= 11 is 1.80. The van der Waals surface area contributed by atoms with Crippen LogP contribution in [0, 0.1) is 0 Å². The molecule has 2 saturated heterocycles. The highest BCUT2D eigenvalue weighted by atomic mass is 32.2. The molecule has 0 radical (unpaired) electrons. The van der Waals surface area contributed by atoms with Crippen molar-refractivity contribution in [3.05, 3.63) is 66.0 Å². The van der Waals surface area contributed by atoms with Crippen LogP contribution in [0.1, 0.15) is 36.8 Å². The highest BCUT2D eigenvalue weighted by Gasteiger charge is 2.34. The van der Waals surface area contributed by atoms with Crippen molar-refractivity contribution in [2.24, 2.45) is 0 Å². The van der Waals surface area contributed by atoms with Crippen LogP contribution in [0.25, 0.3) is 0 Å². The Morgan fingerprint density at radius 1 is 1.13 bits per heavy atom. The molecule has 1 aromatic heterocycles. The molecule has 2 atom stereocenters. The van der Waals surface area contributed by atoms with Crippen LogP contribution in [0.5, 0.6) is 0 Å². The molecule has 0 bridgehead atoms. The van der Waals surface area contributed by atoms with Gasteiger partial charge in [0.15, 0.2) is 0 Å². The van der Waals surface area contributed by atoms with Gasteiger partial charge in [-0.2, -0.15) is 0 Å². The summed E-state index contributed by atoms with van der Waals surface area (Å²) in [6.45, 7) is 9.29. The van der Waals surface area contributed by atoms with Crippen molar-refractivity contribution in [1.29, 1.82) is 0 Å². The Balaban J connectivity index is 1.23. The molecular weight excluding hydrogens is 392 g/mol. The molecule has 0 aliphatic carbocycles. The number of hydrogen-bond donors (Lipinski definition) is 1. The van der Waals surface area contributed by atoms with Crippen LogP contribution in [0.15, 0.2) is 54.9 Å². The van der Waals surface area contributed by atoms with E-state index in [9.17, 15) is 4.79 Å². The van der Waals surface area contributed by atoms with E-state index in [4.69, 9.17) is 0 Å². The monoisotopic (exact) mass is 424 g/mol. The minimum Gasteiger partial charge on any atom is -0.339 e. The Labute approximate surface area is 184 Å². The van der Waals surface area contributed by atoms with Gasteiger partial charge in [0.1, 0.15) is 0 Å². The fourth-order valence-corrected chi connectivity index (χ4v) is 5.44. The maximum absolute atomic E-state index is 13.0. The van der Waals surface area contributed by atoms with Gasteiger partial charge in [-0.15, -0.1) is 11.8 Å². The van der Waals surface area contributed by atoms with Crippen molar-refractivity contribution in [3.63, 3.8) is 0 Å². The van der Waals surface area contributed by atoms with Gasteiger partial charge in [-0.3, -0.25) is 20.0 Å². The molecular formula is C24H32N4OS. The number of rotatable bonds is 6. The van der Waals surface area contributed by atoms with Crippen LogP contribution in [-0.2, 0) is 10.2 Å². The molecule has 2 aromatic rings. The number of hydrogen-bond acceptors (Lipinski definition) is 5. The van der Waals surface area contributed by atoms with Crippen molar-refractivity contribution in [2.75, 3.05) is 38.5 Å². The zero-order valence-corrected chi connectivity index (χ0v) is 18.8.